The molecule has 0 aliphatic rings. The Morgan fingerprint density at radius 1 is 0.467 bits per heavy atom. The molecule has 184 valence electrons. The van der Waals surface area contributed by atoms with Crippen LogP contribution in [-0.4, -0.2) is 11.6 Å². The Hall–Kier alpha value is -0.660. The van der Waals surface area contributed by atoms with Crippen molar-refractivity contribution in [3.63, 3.8) is 0 Å². The lowest BCUT2D eigenvalue weighted by Crippen LogP contribution is -2.13. The minimum atomic E-state index is 0.204. The normalized spacial score (nSPS) is 10.9. The molecule has 0 aliphatic carbocycles. The van der Waals surface area contributed by atoms with Crippen molar-refractivity contribution in [3.05, 3.63) is 0 Å². The smallest absolute Gasteiger partial charge is 0.137 e. The highest BCUT2D eigenvalue weighted by atomic mass is 16.1. The molecule has 0 saturated carbocycles. The van der Waals surface area contributed by atoms with Gasteiger partial charge in [0.1, 0.15) is 11.6 Å². The summed E-state index contributed by atoms with van der Waals surface area (Å²) in [6.45, 7) is 33.8. The zero-order valence-electron chi connectivity index (χ0n) is 23.8. The Bertz CT molecular complexity index is 363. The summed E-state index contributed by atoms with van der Waals surface area (Å²) in [7, 11) is 0. The summed E-state index contributed by atoms with van der Waals surface area (Å²) in [5, 5.41) is 0. The molecule has 0 aromatic rings. The molecule has 0 aromatic carbocycles. The van der Waals surface area contributed by atoms with E-state index in [0.29, 0.717) is 17.5 Å². The molecule has 0 saturated heterocycles. The van der Waals surface area contributed by atoms with E-state index in [1.165, 1.54) is 6.42 Å². The third-order valence-corrected chi connectivity index (χ3v) is 4.67. The Balaban J connectivity index is -0.000000152. The average Bonchev–Trinajstić information content (AvgIpc) is 2.53. The van der Waals surface area contributed by atoms with Gasteiger partial charge in [0.05, 0.1) is 0 Å². The molecule has 0 atom stereocenters. The van der Waals surface area contributed by atoms with Gasteiger partial charge >= 0.3 is 0 Å². The van der Waals surface area contributed by atoms with Crippen LogP contribution in [0.15, 0.2) is 0 Å². The highest BCUT2D eigenvalue weighted by Gasteiger charge is 2.10. The van der Waals surface area contributed by atoms with E-state index in [9.17, 15) is 9.59 Å². The van der Waals surface area contributed by atoms with Crippen molar-refractivity contribution in [1.29, 1.82) is 0 Å². The van der Waals surface area contributed by atoms with Gasteiger partial charge < -0.3 is 0 Å². The summed E-state index contributed by atoms with van der Waals surface area (Å²) < 4.78 is 0. The van der Waals surface area contributed by atoms with E-state index < -0.39 is 0 Å². The number of rotatable bonds is 8. The van der Waals surface area contributed by atoms with Crippen LogP contribution >= 0.6 is 0 Å². The molecule has 0 bridgehead atoms. The number of ketones is 2. The van der Waals surface area contributed by atoms with Crippen LogP contribution in [0.4, 0.5) is 0 Å². The molecule has 0 heterocycles. The highest BCUT2D eigenvalue weighted by Crippen LogP contribution is 2.08. The van der Waals surface area contributed by atoms with Gasteiger partial charge in [-0.15, -0.1) is 0 Å². The van der Waals surface area contributed by atoms with Gasteiger partial charge in [-0.1, -0.05) is 111 Å². The lowest BCUT2D eigenvalue weighted by molar-refractivity contribution is -0.125. The maximum atomic E-state index is 11.0. The molecule has 0 aromatic heterocycles. The topological polar surface area (TPSA) is 34.1 Å². The average molecular weight is 429 g/mol. The molecular formula is C28H60O2. The van der Waals surface area contributed by atoms with E-state index >= 15 is 0 Å². The van der Waals surface area contributed by atoms with Crippen molar-refractivity contribution in [2.24, 2.45) is 47.3 Å². The van der Waals surface area contributed by atoms with Crippen molar-refractivity contribution in [3.8, 4) is 0 Å². The first-order chi connectivity index (χ1) is 13.4. The zero-order chi connectivity index (χ0) is 25.2. The fourth-order valence-electron chi connectivity index (χ4n) is 2.25. The molecule has 0 unspecified atom stereocenters. The van der Waals surface area contributed by atoms with Crippen LogP contribution in [0.25, 0.3) is 0 Å². The minimum absolute atomic E-state index is 0.204. The maximum absolute atomic E-state index is 11.0. The molecule has 0 fully saturated rings. The van der Waals surface area contributed by atoms with Crippen LogP contribution in [0.3, 0.4) is 0 Å². The van der Waals surface area contributed by atoms with Gasteiger partial charge in [-0.2, -0.15) is 0 Å². The quantitative estimate of drug-likeness (QED) is 0.386. The van der Waals surface area contributed by atoms with Crippen LogP contribution in [0, 0.1) is 47.3 Å². The lowest BCUT2D eigenvalue weighted by Gasteiger charge is -2.05. The Kier molecular flexibility index (Phi) is 26.4. The van der Waals surface area contributed by atoms with Crippen molar-refractivity contribution in [1.82, 2.24) is 0 Å². The van der Waals surface area contributed by atoms with Gasteiger partial charge in [0.25, 0.3) is 0 Å². The van der Waals surface area contributed by atoms with Crippen molar-refractivity contribution in [2.75, 3.05) is 0 Å². The van der Waals surface area contributed by atoms with Crippen molar-refractivity contribution in [2.45, 2.75) is 124 Å². The first-order valence-electron chi connectivity index (χ1n) is 12.4. The number of carbonyl (C=O) groups excluding carboxylic acids is 2. The number of hydrogen-bond donors (Lipinski definition) is 0. The van der Waals surface area contributed by atoms with Crippen LogP contribution in [-0.2, 0) is 9.59 Å². The van der Waals surface area contributed by atoms with Gasteiger partial charge in [-0.3, -0.25) is 9.59 Å². The minimum Gasteiger partial charge on any atom is -0.299 e. The summed E-state index contributed by atoms with van der Waals surface area (Å²) in [6.07, 6.45) is 2.09. The number of carbonyl (C=O) groups is 2. The van der Waals surface area contributed by atoms with Crippen LogP contribution in [0.1, 0.15) is 124 Å². The van der Waals surface area contributed by atoms with E-state index in [0.717, 1.165) is 30.1 Å². The molecule has 0 amide bonds. The summed E-state index contributed by atoms with van der Waals surface area (Å²) in [5.74, 6) is 5.32. The van der Waals surface area contributed by atoms with Crippen LogP contribution < -0.4 is 0 Å². The van der Waals surface area contributed by atoms with E-state index in [2.05, 4.69) is 69.2 Å². The predicted molar refractivity (Wildman–Crippen MR) is 138 cm³/mol. The van der Waals surface area contributed by atoms with E-state index in [1.54, 1.807) is 0 Å². The second kappa shape index (κ2) is 21.6. The summed E-state index contributed by atoms with van der Waals surface area (Å²) in [6, 6.07) is 0. The Morgan fingerprint density at radius 3 is 0.800 bits per heavy atom. The standard InChI is InChI=1S/C8H16O.C7H14O.C7H16.C6H14/c1-6(2)5-8(9)7(3)4;1-5(2)7(8)6(3)4;1-6(2)5-7(3)4;1-5(2)6(3)4/h6-7H,5H2,1-4H3;5-6H,1-4H3;6-7H,5H2,1-4H3;5-6H,1-4H3. The molecule has 30 heavy (non-hydrogen) atoms. The summed E-state index contributed by atoms with van der Waals surface area (Å²) >= 11 is 0. The van der Waals surface area contributed by atoms with Crippen LogP contribution in [0.5, 0.6) is 0 Å². The molecule has 2 heteroatoms. The molecule has 0 spiro atoms. The van der Waals surface area contributed by atoms with Gasteiger partial charge in [0.2, 0.25) is 0 Å². The molecule has 2 nitrogen and oxygen atoms in total. The van der Waals surface area contributed by atoms with Crippen molar-refractivity contribution >= 4 is 11.6 Å². The number of hydrogen-bond acceptors (Lipinski definition) is 2. The van der Waals surface area contributed by atoms with Gasteiger partial charge in [-0.25, -0.2) is 0 Å². The van der Waals surface area contributed by atoms with E-state index in [-0.39, 0.29) is 17.8 Å². The molecule has 0 radical (unpaired) electrons. The first kappa shape index (κ1) is 36.7. The SMILES string of the molecule is CC(C)C(=O)C(C)C.CC(C)C(C)C.CC(C)CC(=O)C(C)C.CC(C)CC(C)C. The molecule has 0 rings (SSSR count). The summed E-state index contributed by atoms with van der Waals surface area (Å²) in [5.41, 5.74) is 0. The lowest BCUT2D eigenvalue weighted by atomic mass is 9.99. The Labute approximate surface area is 192 Å². The predicted octanol–water partition coefficient (Wildman–Crippen LogP) is 9.11. The van der Waals surface area contributed by atoms with Gasteiger partial charge in [0, 0.05) is 24.2 Å². The number of Topliss-reactive ketones (excluding diaryl/α,β-unsaturated/α-hetero) is 2. The largest absolute Gasteiger partial charge is 0.299 e. The highest BCUT2D eigenvalue weighted by molar-refractivity contribution is 5.82. The van der Waals surface area contributed by atoms with Crippen LogP contribution in [0.2, 0.25) is 0 Å². The monoisotopic (exact) mass is 428 g/mol. The Morgan fingerprint density at radius 2 is 0.767 bits per heavy atom. The fraction of sp³-hybridized carbons (Fsp3) is 0.929. The van der Waals surface area contributed by atoms with Crippen molar-refractivity contribution < 1.29 is 9.59 Å². The zero-order valence-corrected chi connectivity index (χ0v) is 23.8. The third-order valence-electron chi connectivity index (χ3n) is 4.67. The fourth-order valence-corrected chi connectivity index (χ4v) is 2.25. The van der Waals surface area contributed by atoms with E-state index in [4.69, 9.17) is 0 Å². The van der Waals surface area contributed by atoms with Gasteiger partial charge in [0.15, 0.2) is 0 Å². The second-order valence-corrected chi connectivity index (χ2v) is 11.4. The third kappa shape index (κ3) is 34.8. The molecular weight excluding hydrogens is 368 g/mol. The molecule has 0 N–H and O–H groups in total. The second-order valence-electron chi connectivity index (χ2n) is 11.4. The maximum Gasteiger partial charge on any atom is 0.137 e. The van der Waals surface area contributed by atoms with E-state index in [1.807, 2.05) is 41.5 Å². The summed E-state index contributed by atoms with van der Waals surface area (Å²) in [4.78, 5) is 21.8. The molecule has 0 aliphatic heterocycles. The first-order valence-corrected chi connectivity index (χ1v) is 12.4. The van der Waals surface area contributed by atoms with Gasteiger partial charge in [-0.05, 0) is 36.0 Å².